The van der Waals surface area contributed by atoms with E-state index in [2.05, 4.69) is 29.0 Å². The zero-order valence-electron chi connectivity index (χ0n) is 15.7. The number of methoxy groups -OCH3 is 1. The Morgan fingerprint density at radius 1 is 1.41 bits per heavy atom. The molecule has 2 unspecified atom stereocenters. The van der Waals surface area contributed by atoms with Crippen LogP contribution in [0.4, 0.5) is 5.13 Å². The normalized spacial score (nSPS) is 20.4. The van der Waals surface area contributed by atoms with Gasteiger partial charge in [0.25, 0.3) is 0 Å². The predicted octanol–water partition coefficient (Wildman–Crippen LogP) is 3.60. The minimum atomic E-state index is -0.148. The predicted molar refractivity (Wildman–Crippen MR) is 108 cm³/mol. The van der Waals surface area contributed by atoms with Crippen LogP contribution in [0.25, 0.3) is 0 Å². The topological polar surface area (TPSA) is 63.7 Å². The van der Waals surface area contributed by atoms with Gasteiger partial charge in [-0.15, -0.1) is 11.3 Å². The number of amides is 1. The van der Waals surface area contributed by atoms with Crippen molar-refractivity contribution in [2.45, 2.75) is 39.0 Å². The number of rotatable bonds is 6. The molecule has 1 aliphatic heterocycles. The molecule has 1 aliphatic rings. The summed E-state index contributed by atoms with van der Waals surface area (Å²) in [6.07, 6.45) is 0.621. The third-order valence-corrected chi connectivity index (χ3v) is 5.31. The van der Waals surface area contributed by atoms with Crippen LogP contribution in [-0.2, 0) is 22.5 Å². The van der Waals surface area contributed by atoms with Gasteiger partial charge in [-0.2, -0.15) is 0 Å². The van der Waals surface area contributed by atoms with Crippen molar-refractivity contribution in [3.63, 3.8) is 0 Å². The Balaban J connectivity index is 1.57. The number of carbonyl (C=O) groups is 1. The lowest BCUT2D eigenvalue weighted by Gasteiger charge is -2.34. The van der Waals surface area contributed by atoms with Crippen molar-refractivity contribution >= 4 is 34.0 Å². The second-order valence-electron chi connectivity index (χ2n) is 6.78. The van der Waals surface area contributed by atoms with Gasteiger partial charge in [-0.3, -0.25) is 9.69 Å². The molecule has 1 fully saturated rings. The van der Waals surface area contributed by atoms with E-state index in [4.69, 9.17) is 21.1 Å². The van der Waals surface area contributed by atoms with E-state index in [1.807, 2.05) is 5.38 Å². The molecule has 3 rings (SSSR count). The maximum atomic E-state index is 12.4. The van der Waals surface area contributed by atoms with Crippen LogP contribution in [0.1, 0.15) is 25.1 Å². The van der Waals surface area contributed by atoms with Gasteiger partial charge in [0.2, 0.25) is 5.91 Å². The summed E-state index contributed by atoms with van der Waals surface area (Å²) in [6, 6.07) is 5.24. The molecule has 0 bridgehead atoms. The molecule has 6 nitrogen and oxygen atoms in total. The second kappa shape index (κ2) is 9.01. The lowest BCUT2D eigenvalue weighted by Crippen LogP contribution is -2.44. The number of benzene rings is 1. The molecule has 8 heteroatoms. The van der Waals surface area contributed by atoms with Crippen LogP contribution < -0.4 is 10.1 Å². The highest BCUT2D eigenvalue weighted by Crippen LogP contribution is 2.24. The zero-order valence-corrected chi connectivity index (χ0v) is 17.3. The van der Waals surface area contributed by atoms with Gasteiger partial charge in [0.1, 0.15) is 5.75 Å². The smallest absolute Gasteiger partial charge is 0.230 e. The first-order valence-corrected chi connectivity index (χ1v) is 10.1. The Kier molecular flexibility index (Phi) is 6.70. The fraction of sp³-hybridized carbons (Fsp3) is 0.474. The minimum absolute atomic E-state index is 0.148. The first kappa shape index (κ1) is 20.1. The van der Waals surface area contributed by atoms with Gasteiger partial charge in [-0.25, -0.2) is 4.98 Å². The maximum Gasteiger partial charge on any atom is 0.230 e. The number of hydrogen-bond acceptors (Lipinski definition) is 6. The van der Waals surface area contributed by atoms with E-state index in [1.54, 1.807) is 25.3 Å². The number of halogens is 1. The highest BCUT2D eigenvalue weighted by molar-refractivity contribution is 7.13. The summed E-state index contributed by atoms with van der Waals surface area (Å²) in [7, 11) is 1.57. The average molecular weight is 410 g/mol. The number of thiazole rings is 1. The highest BCUT2D eigenvalue weighted by Gasteiger charge is 2.22. The van der Waals surface area contributed by atoms with Crippen molar-refractivity contribution in [1.29, 1.82) is 0 Å². The van der Waals surface area contributed by atoms with E-state index in [0.29, 0.717) is 15.9 Å². The third kappa shape index (κ3) is 5.65. The number of ether oxygens (including phenoxy) is 2. The lowest BCUT2D eigenvalue weighted by molar-refractivity contribution is -0.115. The number of carbonyl (C=O) groups excluding carboxylic acids is 1. The molecular formula is C19H24ClN3O3S. The second-order valence-corrected chi connectivity index (χ2v) is 8.07. The molecular weight excluding hydrogens is 386 g/mol. The van der Waals surface area contributed by atoms with Gasteiger partial charge >= 0.3 is 0 Å². The first-order chi connectivity index (χ1) is 12.9. The summed E-state index contributed by atoms with van der Waals surface area (Å²) in [5.41, 5.74) is 1.70. The summed E-state index contributed by atoms with van der Waals surface area (Å²) < 4.78 is 11.0. The Morgan fingerprint density at radius 2 is 2.15 bits per heavy atom. The molecule has 2 atom stereocenters. The van der Waals surface area contributed by atoms with Crippen molar-refractivity contribution in [2.24, 2.45) is 0 Å². The van der Waals surface area contributed by atoms with Crippen molar-refractivity contribution in [3.05, 3.63) is 39.9 Å². The monoisotopic (exact) mass is 409 g/mol. The Bertz CT molecular complexity index is 788. The van der Waals surface area contributed by atoms with Crippen LogP contribution in [-0.4, -0.2) is 48.2 Å². The molecule has 0 radical (unpaired) electrons. The molecule has 1 N–H and O–H groups in total. The molecule has 0 spiro atoms. The molecule has 1 aromatic carbocycles. The number of nitrogens with one attached hydrogen (secondary N) is 1. The molecule has 0 aliphatic carbocycles. The van der Waals surface area contributed by atoms with Crippen LogP contribution in [0.15, 0.2) is 23.6 Å². The fourth-order valence-electron chi connectivity index (χ4n) is 3.30. The van der Waals surface area contributed by atoms with E-state index in [9.17, 15) is 4.79 Å². The maximum absolute atomic E-state index is 12.4. The van der Waals surface area contributed by atoms with Gasteiger partial charge in [0.15, 0.2) is 5.13 Å². The summed E-state index contributed by atoms with van der Waals surface area (Å²) in [4.78, 5) is 19.2. The fourth-order valence-corrected chi connectivity index (χ4v) is 4.21. The number of nitrogens with zero attached hydrogens (tertiary/aromatic N) is 2. The van der Waals surface area contributed by atoms with Crippen molar-refractivity contribution < 1.29 is 14.3 Å². The summed E-state index contributed by atoms with van der Waals surface area (Å²) >= 11 is 7.46. The van der Waals surface area contributed by atoms with E-state index in [-0.39, 0.29) is 24.5 Å². The summed E-state index contributed by atoms with van der Waals surface area (Å²) in [5, 5.41) is 6.02. The highest BCUT2D eigenvalue weighted by atomic mass is 35.5. The van der Waals surface area contributed by atoms with Crippen LogP contribution in [0.5, 0.6) is 5.75 Å². The molecule has 1 aromatic heterocycles. The van der Waals surface area contributed by atoms with Crippen molar-refractivity contribution in [3.8, 4) is 5.75 Å². The van der Waals surface area contributed by atoms with Gasteiger partial charge in [0, 0.05) is 35.6 Å². The van der Waals surface area contributed by atoms with Crippen LogP contribution in [0.2, 0.25) is 5.02 Å². The Labute approximate surface area is 168 Å². The lowest BCUT2D eigenvalue weighted by atomic mass is 10.1. The number of anilines is 1. The molecule has 1 saturated heterocycles. The average Bonchev–Trinajstić information content (AvgIpc) is 3.00. The minimum Gasteiger partial charge on any atom is -0.496 e. The largest absolute Gasteiger partial charge is 0.496 e. The zero-order chi connectivity index (χ0) is 19.4. The van der Waals surface area contributed by atoms with Gasteiger partial charge in [-0.05, 0) is 32.0 Å². The van der Waals surface area contributed by atoms with E-state index < -0.39 is 0 Å². The van der Waals surface area contributed by atoms with Gasteiger partial charge in [-0.1, -0.05) is 11.6 Å². The van der Waals surface area contributed by atoms with E-state index in [1.165, 1.54) is 11.3 Å². The molecule has 27 heavy (non-hydrogen) atoms. The Morgan fingerprint density at radius 3 is 2.85 bits per heavy atom. The van der Waals surface area contributed by atoms with E-state index in [0.717, 1.165) is 30.9 Å². The standard InChI is InChI=1S/C19H24ClN3O3S/c1-12-8-23(9-13(2)26-12)10-16-11-27-19(21-16)22-18(24)7-14-6-15(20)4-5-17(14)25-3/h4-6,11-13H,7-10H2,1-3H3,(H,21,22,24). The summed E-state index contributed by atoms with van der Waals surface area (Å²) in [6.45, 7) is 6.70. The van der Waals surface area contributed by atoms with Gasteiger partial charge in [0.05, 0.1) is 31.4 Å². The van der Waals surface area contributed by atoms with Crippen molar-refractivity contribution in [2.75, 3.05) is 25.5 Å². The van der Waals surface area contributed by atoms with Crippen LogP contribution >= 0.6 is 22.9 Å². The molecule has 1 amide bonds. The SMILES string of the molecule is COc1ccc(Cl)cc1CC(=O)Nc1nc(CN2CC(C)OC(C)C2)cs1. The van der Waals surface area contributed by atoms with Gasteiger partial charge < -0.3 is 14.8 Å². The quantitative estimate of drug-likeness (QED) is 0.789. The number of morpholine rings is 1. The summed E-state index contributed by atoms with van der Waals surface area (Å²) in [5.74, 6) is 0.495. The number of aromatic nitrogens is 1. The van der Waals surface area contributed by atoms with Crippen molar-refractivity contribution in [1.82, 2.24) is 9.88 Å². The van der Waals surface area contributed by atoms with E-state index >= 15 is 0 Å². The van der Waals surface area contributed by atoms with Crippen LogP contribution in [0.3, 0.4) is 0 Å². The van der Waals surface area contributed by atoms with Crippen LogP contribution in [0, 0.1) is 0 Å². The number of hydrogen-bond donors (Lipinski definition) is 1. The molecule has 2 aromatic rings. The molecule has 2 heterocycles. The first-order valence-electron chi connectivity index (χ1n) is 8.87. The Hall–Kier alpha value is -1.67. The molecule has 146 valence electrons. The third-order valence-electron chi connectivity index (χ3n) is 4.27. The molecule has 0 saturated carbocycles.